The standard InChI is InChI=1S/C20H29NO3/c1-19(2,3)24-18(22)21-14-16(13-15-9-5-4-6-10-15)20(23)12-8-7-11-17(20)21/h4-6,9-10,16-17,23H,7-8,11-14H2,1-3H3. The SMILES string of the molecule is CC(C)(C)OC(=O)N1CC(Cc2ccccc2)C2(O)CCCCC12. The summed E-state index contributed by atoms with van der Waals surface area (Å²) in [4.78, 5) is 14.4. The smallest absolute Gasteiger partial charge is 0.410 e. The van der Waals surface area contributed by atoms with Crippen molar-refractivity contribution in [1.29, 1.82) is 0 Å². The lowest BCUT2D eigenvalue weighted by molar-refractivity contribution is -0.0553. The molecule has 4 nitrogen and oxygen atoms in total. The van der Waals surface area contributed by atoms with E-state index in [1.54, 1.807) is 4.90 Å². The van der Waals surface area contributed by atoms with Gasteiger partial charge in [0.2, 0.25) is 0 Å². The Kier molecular flexibility index (Phi) is 4.60. The summed E-state index contributed by atoms with van der Waals surface area (Å²) in [5.74, 6) is 0.0673. The summed E-state index contributed by atoms with van der Waals surface area (Å²) < 4.78 is 5.59. The third-order valence-corrected chi connectivity index (χ3v) is 5.34. The Labute approximate surface area is 144 Å². The van der Waals surface area contributed by atoms with Crippen molar-refractivity contribution in [2.24, 2.45) is 5.92 Å². The first-order chi connectivity index (χ1) is 11.3. The number of benzene rings is 1. The second-order valence-corrected chi connectivity index (χ2v) is 8.27. The van der Waals surface area contributed by atoms with Gasteiger partial charge in [-0.05, 0) is 45.6 Å². The van der Waals surface area contributed by atoms with Gasteiger partial charge in [0, 0.05) is 12.5 Å². The Bertz CT molecular complexity index is 580. The number of fused-ring (bicyclic) bond motifs is 1. The van der Waals surface area contributed by atoms with E-state index in [1.807, 2.05) is 39.0 Å². The highest BCUT2D eigenvalue weighted by molar-refractivity contribution is 5.69. The average Bonchev–Trinajstić information content (AvgIpc) is 2.80. The first kappa shape index (κ1) is 17.3. The zero-order chi connectivity index (χ0) is 17.4. The van der Waals surface area contributed by atoms with Crippen molar-refractivity contribution in [2.45, 2.75) is 70.1 Å². The number of aliphatic hydroxyl groups is 1. The molecule has 1 amide bonds. The predicted octanol–water partition coefficient (Wildman–Crippen LogP) is 3.77. The van der Waals surface area contributed by atoms with Crippen molar-refractivity contribution < 1.29 is 14.6 Å². The second kappa shape index (κ2) is 6.40. The van der Waals surface area contributed by atoms with Crippen LogP contribution in [-0.4, -0.2) is 39.9 Å². The topological polar surface area (TPSA) is 49.8 Å². The van der Waals surface area contributed by atoms with Crippen molar-refractivity contribution in [1.82, 2.24) is 4.90 Å². The minimum Gasteiger partial charge on any atom is -0.444 e. The van der Waals surface area contributed by atoms with Gasteiger partial charge in [0.15, 0.2) is 0 Å². The van der Waals surface area contributed by atoms with E-state index in [2.05, 4.69) is 12.1 Å². The number of amides is 1. The number of carbonyl (C=O) groups is 1. The van der Waals surface area contributed by atoms with Crippen LogP contribution in [0.4, 0.5) is 4.79 Å². The first-order valence-corrected chi connectivity index (χ1v) is 9.05. The third kappa shape index (κ3) is 3.44. The number of likely N-dealkylation sites (tertiary alicyclic amines) is 1. The van der Waals surface area contributed by atoms with Gasteiger partial charge in [0.1, 0.15) is 5.60 Å². The lowest BCUT2D eigenvalue weighted by Crippen LogP contribution is -2.51. The highest BCUT2D eigenvalue weighted by Gasteiger charge is 2.55. The number of carbonyl (C=O) groups excluding carboxylic acids is 1. The molecule has 1 aromatic carbocycles. The predicted molar refractivity (Wildman–Crippen MR) is 93.8 cm³/mol. The summed E-state index contributed by atoms with van der Waals surface area (Å²) in [6.07, 6.45) is 4.23. The molecule has 3 rings (SSSR count). The minimum absolute atomic E-state index is 0.0673. The van der Waals surface area contributed by atoms with Crippen molar-refractivity contribution >= 4 is 6.09 Å². The number of ether oxygens (including phenoxy) is 1. The molecule has 2 aliphatic rings. The molecule has 0 spiro atoms. The van der Waals surface area contributed by atoms with E-state index < -0.39 is 11.2 Å². The Morgan fingerprint density at radius 1 is 1.29 bits per heavy atom. The molecule has 3 atom stereocenters. The quantitative estimate of drug-likeness (QED) is 0.897. The molecule has 1 aliphatic heterocycles. The van der Waals surface area contributed by atoms with Gasteiger partial charge in [0.05, 0.1) is 11.6 Å². The van der Waals surface area contributed by atoms with Crippen LogP contribution in [0.15, 0.2) is 30.3 Å². The zero-order valence-electron chi connectivity index (χ0n) is 15.0. The number of hydrogen-bond acceptors (Lipinski definition) is 3. The van der Waals surface area contributed by atoms with Crippen LogP contribution in [0.1, 0.15) is 52.0 Å². The van der Waals surface area contributed by atoms with Crippen molar-refractivity contribution in [3.8, 4) is 0 Å². The molecule has 1 saturated carbocycles. The van der Waals surface area contributed by atoms with Crippen LogP contribution in [-0.2, 0) is 11.2 Å². The molecule has 2 fully saturated rings. The van der Waals surface area contributed by atoms with Crippen LogP contribution >= 0.6 is 0 Å². The molecule has 132 valence electrons. The summed E-state index contributed by atoms with van der Waals surface area (Å²) in [5.41, 5.74) is -0.0851. The molecular formula is C20H29NO3. The molecule has 4 heteroatoms. The van der Waals surface area contributed by atoms with Crippen molar-refractivity contribution in [3.63, 3.8) is 0 Å². The van der Waals surface area contributed by atoms with Gasteiger partial charge in [-0.25, -0.2) is 4.79 Å². The Morgan fingerprint density at radius 3 is 2.67 bits per heavy atom. The van der Waals surface area contributed by atoms with E-state index in [0.29, 0.717) is 6.54 Å². The van der Waals surface area contributed by atoms with Gasteiger partial charge < -0.3 is 14.7 Å². The van der Waals surface area contributed by atoms with E-state index >= 15 is 0 Å². The Morgan fingerprint density at radius 2 is 2.00 bits per heavy atom. The molecule has 0 aromatic heterocycles. The maximum Gasteiger partial charge on any atom is 0.410 e. The van der Waals surface area contributed by atoms with Crippen LogP contribution in [0.5, 0.6) is 0 Å². The maximum atomic E-state index is 12.6. The summed E-state index contributed by atoms with van der Waals surface area (Å²) in [7, 11) is 0. The number of hydrogen-bond donors (Lipinski definition) is 1. The molecular weight excluding hydrogens is 302 g/mol. The lowest BCUT2D eigenvalue weighted by atomic mass is 9.73. The lowest BCUT2D eigenvalue weighted by Gasteiger charge is -2.40. The van der Waals surface area contributed by atoms with E-state index in [-0.39, 0.29) is 18.1 Å². The molecule has 1 aromatic rings. The molecule has 24 heavy (non-hydrogen) atoms. The summed E-state index contributed by atoms with van der Waals surface area (Å²) >= 11 is 0. The highest BCUT2D eigenvalue weighted by atomic mass is 16.6. The molecule has 3 unspecified atom stereocenters. The molecule has 0 bridgehead atoms. The van der Waals surface area contributed by atoms with Gasteiger partial charge in [-0.2, -0.15) is 0 Å². The monoisotopic (exact) mass is 331 g/mol. The van der Waals surface area contributed by atoms with Crippen LogP contribution in [0.2, 0.25) is 0 Å². The fourth-order valence-electron chi connectivity index (χ4n) is 4.25. The van der Waals surface area contributed by atoms with E-state index in [9.17, 15) is 9.90 Å². The molecule has 1 aliphatic carbocycles. The highest BCUT2D eigenvalue weighted by Crippen LogP contribution is 2.45. The number of rotatable bonds is 2. The maximum absolute atomic E-state index is 12.6. The van der Waals surface area contributed by atoms with E-state index in [0.717, 1.165) is 32.1 Å². The summed E-state index contributed by atoms with van der Waals surface area (Å²) in [5, 5.41) is 11.4. The largest absolute Gasteiger partial charge is 0.444 e. The third-order valence-electron chi connectivity index (χ3n) is 5.34. The zero-order valence-corrected chi connectivity index (χ0v) is 15.0. The van der Waals surface area contributed by atoms with Gasteiger partial charge >= 0.3 is 6.09 Å². The summed E-state index contributed by atoms with van der Waals surface area (Å²) in [6, 6.07) is 10.1. The fraction of sp³-hybridized carbons (Fsp3) is 0.650. The Balaban J connectivity index is 1.81. The minimum atomic E-state index is -0.787. The first-order valence-electron chi connectivity index (χ1n) is 9.05. The van der Waals surface area contributed by atoms with Crippen LogP contribution in [0, 0.1) is 5.92 Å². The van der Waals surface area contributed by atoms with E-state index in [1.165, 1.54) is 5.56 Å². The van der Waals surface area contributed by atoms with E-state index in [4.69, 9.17) is 4.74 Å². The Hall–Kier alpha value is -1.55. The second-order valence-electron chi connectivity index (χ2n) is 8.27. The van der Waals surface area contributed by atoms with Gasteiger partial charge in [0.25, 0.3) is 0 Å². The fourth-order valence-corrected chi connectivity index (χ4v) is 4.25. The number of nitrogens with zero attached hydrogens (tertiary/aromatic N) is 1. The normalized spacial score (nSPS) is 30.1. The van der Waals surface area contributed by atoms with Crippen molar-refractivity contribution in [3.05, 3.63) is 35.9 Å². The average molecular weight is 331 g/mol. The molecule has 1 saturated heterocycles. The molecule has 1 N–H and O–H groups in total. The van der Waals surface area contributed by atoms with Gasteiger partial charge in [-0.15, -0.1) is 0 Å². The van der Waals surface area contributed by atoms with Crippen LogP contribution in [0.25, 0.3) is 0 Å². The van der Waals surface area contributed by atoms with Crippen LogP contribution in [0.3, 0.4) is 0 Å². The van der Waals surface area contributed by atoms with Crippen molar-refractivity contribution in [2.75, 3.05) is 6.54 Å². The molecule has 0 radical (unpaired) electrons. The molecule has 1 heterocycles. The van der Waals surface area contributed by atoms with Crippen LogP contribution < -0.4 is 0 Å². The van der Waals surface area contributed by atoms with Gasteiger partial charge in [-0.3, -0.25) is 0 Å². The summed E-state index contributed by atoms with van der Waals surface area (Å²) in [6.45, 7) is 6.23. The van der Waals surface area contributed by atoms with Gasteiger partial charge in [-0.1, -0.05) is 43.2 Å².